The Bertz CT molecular complexity index is 737. The molecular weight excluding hydrogens is 304 g/mol. The first-order valence-electron chi connectivity index (χ1n) is 6.57. The van der Waals surface area contributed by atoms with Crippen LogP contribution in [0.5, 0.6) is 0 Å². The molecule has 6 nitrogen and oxygen atoms in total. The highest BCUT2D eigenvalue weighted by molar-refractivity contribution is 7.12. The van der Waals surface area contributed by atoms with Crippen molar-refractivity contribution in [1.82, 2.24) is 4.98 Å². The van der Waals surface area contributed by atoms with Crippen molar-refractivity contribution >= 4 is 35.1 Å². The van der Waals surface area contributed by atoms with Crippen LogP contribution in [0.4, 0.5) is 5.69 Å². The van der Waals surface area contributed by atoms with Crippen molar-refractivity contribution in [2.45, 2.75) is 13.8 Å². The van der Waals surface area contributed by atoms with Gasteiger partial charge >= 0.3 is 5.97 Å². The number of pyridine rings is 1. The number of ether oxygens (including phenoxy) is 1. The number of aryl methyl sites for hydroxylation is 1. The summed E-state index contributed by atoms with van der Waals surface area (Å²) in [6.45, 7) is 3.86. The predicted molar refractivity (Wildman–Crippen MR) is 84.8 cm³/mol. The van der Waals surface area contributed by atoms with Crippen molar-refractivity contribution in [3.8, 4) is 0 Å². The Morgan fingerprint density at radius 3 is 2.82 bits per heavy atom. The van der Waals surface area contributed by atoms with E-state index < -0.39 is 10.9 Å². The highest BCUT2D eigenvalue weighted by Gasteiger charge is 2.17. The number of hydrogen-bond acceptors (Lipinski definition) is 6. The highest BCUT2D eigenvalue weighted by atomic mass is 32.1. The van der Waals surface area contributed by atoms with Gasteiger partial charge < -0.3 is 4.74 Å². The van der Waals surface area contributed by atoms with Crippen LogP contribution in [0.3, 0.4) is 0 Å². The second kappa shape index (κ2) is 6.95. The Morgan fingerprint density at radius 2 is 2.23 bits per heavy atom. The molecule has 2 aromatic rings. The minimum atomic E-state index is -0.624. The second-order valence-electron chi connectivity index (χ2n) is 4.39. The van der Waals surface area contributed by atoms with Gasteiger partial charge in [0.05, 0.1) is 22.8 Å². The molecule has 0 radical (unpaired) electrons. The van der Waals surface area contributed by atoms with Crippen LogP contribution < -0.4 is 0 Å². The standard InChI is InChI=1S/C15H14N2O4S/c1-3-21-15(18)13-8-11(17(19)20)9-16-14(13)7-6-12-5-4-10(2)22-12/h4-9H,3H2,1-2H3/b7-6+. The van der Waals surface area contributed by atoms with E-state index >= 15 is 0 Å². The lowest BCUT2D eigenvalue weighted by Crippen LogP contribution is -2.08. The van der Waals surface area contributed by atoms with Crippen molar-refractivity contribution in [3.05, 3.63) is 55.5 Å². The molecule has 7 heteroatoms. The summed E-state index contributed by atoms with van der Waals surface area (Å²) in [5.41, 5.74) is 0.183. The van der Waals surface area contributed by atoms with E-state index in [9.17, 15) is 14.9 Å². The van der Waals surface area contributed by atoms with E-state index in [-0.39, 0.29) is 17.9 Å². The number of thiophene rings is 1. The Morgan fingerprint density at radius 1 is 1.45 bits per heavy atom. The van der Waals surface area contributed by atoms with Gasteiger partial charge in [-0.1, -0.05) is 0 Å². The molecule has 0 unspecified atom stereocenters. The zero-order valence-corrected chi connectivity index (χ0v) is 12.9. The first kappa shape index (κ1) is 15.8. The molecule has 0 aliphatic carbocycles. The number of aromatic nitrogens is 1. The van der Waals surface area contributed by atoms with Gasteiger partial charge in [-0.05, 0) is 38.1 Å². The Hall–Kier alpha value is -2.54. The topological polar surface area (TPSA) is 82.3 Å². The number of carbonyl (C=O) groups is 1. The number of nitrogens with zero attached hydrogens (tertiary/aromatic N) is 2. The van der Waals surface area contributed by atoms with E-state index in [0.717, 1.165) is 11.1 Å². The van der Waals surface area contributed by atoms with E-state index in [2.05, 4.69) is 4.98 Å². The van der Waals surface area contributed by atoms with E-state index in [0.29, 0.717) is 5.69 Å². The van der Waals surface area contributed by atoms with Gasteiger partial charge in [0.15, 0.2) is 0 Å². The molecule has 114 valence electrons. The molecule has 0 aromatic carbocycles. The van der Waals surface area contributed by atoms with Gasteiger partial charge in [0.2, 0.25) is 0 Å². The van der Waals surface area contributed by atoms with Crippen LogP contribution >= 0.6 is 11.3 Å². The van der Waals surface area contributed by atoms with E-state index in [1.54, 1.807) is 24.3 Å². The maximum absolute atomic E-state index is 11.9. The average molecular weight is 318 g/mol. The molecule has 0 spiro atoms. The smallest absolute Gasteiger partial charge is 0.340 e. The van der Waals surface area contributed by atoms with E-state index in [4.69, 9.17) is 4.74 Å². The van der Waals surface area contributed by atoms with Crippen LogP contribution in [0.1, 0.15) is 32.7 Å². The largest absolute Gasteiger partial charge is 0.462 e. The number of carbonyl (C=O) groups excluding carboxylic acids is 1. The summed E-state index contributed by atoms with van der Waals surface area (Å²) in [6.07, 6.45) is 4.60. The van der Waals surface area contributed by atoms with Gasteiger partial charge in [-0.25, -0.2) is 9.78 Å². The third kappa shape index (κ3) is 3.76. The summed E-state index contributed by atoms with van der Waals surface area (Å²) in [6, 6.07) is 5.12. The van der Waals surface area contributed by atoms with E-state index in [1.807, 2.05) is 25.1 Å². The molecule has 0 atom stereocenters. The van der Waals surface area contributed by atoms with Crippen molar-refractivity contribution in [2.24, 2.45) is 0 Å². The highest BCUT2D eigenvalue weighted by Crippen LogP contribution is 2.21. The Kier molecular flexibility index (Phi) is 5.00. The van der Waals surface area contributed by atoms with Crippen LogP contribution in [-0.2, 0) is 4.74 Å². The summed E-state index contributed by atoms with van der Waals surface area (Å²) in [5.74, 6) is -0.624. The molecular formula is C15H14N2O4S. The van der Waals surface area contributed by atoms with Crippen molar-refractivity contribution in [3.63, 3.8) is 0 Å². The fourth-order valence-electron chi connectivity index (χ4n) is 1.77. The quantitative estimate of drug-likeness (QED) is 0.477. The summed E-state index contributed by atoms with van der Waals surface area (Å²) in [5, 5.41) is 10.8. The molecule has 0 fully saturated rings. The van der Waals surface area contributed by atoms with Crippen LogP contribution in [0, 0.1) is 17.0 Å². The van der Waals surface area contributed by atoms with Gasteiger partial charge in [-0.15, -0.1) is 11.3 Å². The average Bonchev–Trinajstić information content (AvgIpc) is 2.90. The molecule has 0 saturated carbocycles. The molecule has 0 aliphatic rings. The van der Waals surface area contributed by atoms with Crippen molar-refractivity contribution in [1.29, 1.82) is 0 Å². The second-order valence-corrected chi connectivity index (χ2v) is 5.71. The third-order valence-electron chi connectivity index (χ3n) is 2.78. The van der Waals surface area contributed by atoms with Crippen LogP contribution in [0.25, 0.3) is 12.2 Å². The molecule has 0 aliphatic heterocycles. The van der Waals surface area contributed by atoms with Gasteiger partial charge in [0.1, 0.15) is 6.20 Å². The summed E-state index contributed by atoms with van der Waals surface area (Å²) >= 11 is 1.60. The molecule has 0 N–H and O–H groups in total. The maximum Gasteiger partial charge on any atom is 0.340 e. The van der Waals surface area contributed by atoms with Crippen LogP contribution in [-0.4, -0.2) is 22.5 Å². The fourth-order valence-corrected chi connectivity index (χ4v) is 2.55. The molecule has 2 rings (SSSR count). The van der Waals surface area contributed by atoms with Crippen LogP contribution in [0.2, 0.25) is 0 Å². The first-order valence-corrected chi connectivity index (χ1v) is 7.39. The summed E-state index contributed by atoms with van der Waals surface area (Å²) in [7, 11) is 0. The SMILES string of the molecule is CCOC(=O)c1cc([N+](=O)[O-])cnc1/C=C/c1ccc(C)s1. The van der Waals surface area contributed by atoms with Crippen LogP contribution in [0.15, 0.2) is 24.4 Å². The van der Waals surface area contributed by atoms with E-state index in [1.165, 1.54) is 10.9 Å². The number of rotatable bonds is 5. The Balaban J connectivity index is 2.38. The zero-order chi connectivity index (χ0) is 16.1. The van der Waals surface area contributed by atoms with Gasteiger partial charge in [0.25, 0.3) is 5.69 Å². The number of esters is 1. The summed E-state index contributed by atoms with van der Waals surface area (Å²) in [4.78, 5) is 28.3. The van der Waals surface area contributed by atoms with Gasteiger partial charge in [-0.3, -0.25) is 10.1 Å². The Labute approximate surface area is 131 Å². The fraction of sp³-hybridized carbons (Fsp3) is 0.200. The minimum Gasteiger partial charge on any atom is -0.462 e. The van der Waals surface area contributed by atoms with Crippen molar-refractivity contribution < 1.29 is 14.5 Å². The van der Waals surface area contributed by atoms with Crippen molar-refractivity contribution in [2.75, 3.05) is 6.61 Å². The normalized spacial score (nSPS) is 10.8. The monoisotopic (exact) mass is 318 g/mol. The number of hydrogen-bond donors (Lipinski definition) is 0. The lowest BCUT2D eigenvalue weighted by molar-refractivity contribution is -0.385. The molecule has 0 saturated heterocycles. The molecule has 0 bridgehead atoms. The van der Waals surface area contributed by atoms with Gasteiger partial charge in [-0.2, -0.15) is 0 Å². The zero-order valence-electron chi connectivity index (χ0n) is 12.1. The lowest BCUT2D eigenvalue weighted by atomic mass is 10.1. The molecule has 2 aromatic heterocycles. The first-order chi connectivity index (χ1) is 10.5. The third-order valence-corrected chi connectivity index (χ3v) is 3.74. The maximum atomic E-state index is 11.9. The molecule has 22 heavy (non-hydrogen) atoms. The minimum absolute atomic E-state index is 0.0839. The van der Waals surface area contributed by atoms with Gasteiger partial charge in [0, 0.05) is 15.8 Å². The molecule has 2 heterocycles. The summed E-state index contributed by atoms with van der Waals surface area (Å²) < 4.78 is 4.93. The lowest BCUT2D eigenvalue weighted by Gasteiger charge is -2.04. The number of nitro groups is 1. The predicted octanol–water partition coefficient (Wildman–Crippen LogP) is 3.71. The molecule has 0 amide bonds.